The van der Waals surface area contributed by atoms with Crippen molar-refractivity contribution < 1.29 is 22.8 Å². The van der Waals surface area contributed by atoms with Gasteiger partial charge in [-0.1, -0.05) is 35.4 Å². The van der Waals surface area contributed by atoms with E-state index in [0.717, 1.165) is 5.56 Å². The van der Waals surface area contributed by atoms with E-state index in [4.69, 9.17) is 4.42 Å². The molecule has 2 saturated heterocycles. The van der Waals surface area contributed by atoms with Crippen molar-refractivity contribution in [3.05, 3.63) is 71.1 Å². The van der Waals surface area contributed by atoms with Gasteiger partial charge in [-0.2, -0.15) is 0 Å². The van der Waals surface area contributed by atoms with Crippen molar-refractivity contribution in [2.45, 2.75) is 31.2 Å². The molecule has 2 aromatic carbocycles. The molecular weight excluding hydrogens is 432 g/mol. The van der Waals surface area contributed by atoms with Gasteiger partial charge in [0.2, 0.25) is 17.7 Å². The SMILES string of the molecule is O=C1CCC(c2c(F)cc(N3CC(Nc4nnc(Cc5ccccc5)o4)C3)cc2F)C(=O)N1. The summed E-state index contributed by atoms with van der Waals surface area (Å²) >= 11 is 0. The lowest BCUT2D eigenvalue weighted by molar-refractivity contribution is -0.134. The summed E-state index contributed by atoms with van der Waals surface area (Å²) in [6.45, 7) is 0.986. The molecule has 10 heteroatoms. The third-order valence-corrected chi connectivity index (χ3v) is 5.89. The van der Waals surface area contributed by atoms with Crippen LogP contribution in [-0.4, -0.2) is 41.1 Å². The predicted octanol–water partition coefficient (Wildman–Crippen LogP) is 2.76. The van der Waals surface area contributed by atoms with Crippen LogP contribution in [0.4, 0.5) is 20.5 Å². The number of nitrogens with zero attached hydrogens (tertiary/aromatic N) is 3. The summed E-state index contributed by atoms with van der Waals surface area (Å²) in [5.41, 5.74) is 1.15. The Morgan fingerprint density at radius 2 is 1.82 bits per heavy atom. The minimum atomic E-state index is -1.01. The maximum absolute atomic E-state index is 14.7. The molecule has 170 valence electrons. The number of halogens is 2. The molecule has 5 rings (SSSR count). The van der Waals surface area contributed by atoms with Crippen molar-refractivity contribution >= 4 is 23.5 Å². The number of aromatic nitrogens is 2. The van der Waals surface area contributed by atoms with Crippen LogP contribution in [0.5, 0.6) is 0 Å². The molecule has 0 aliphatic carbocycles. The molecule has 2 aliphatic rings. The molecule has 0 saturated carbocycles. The average Bonchev–Trinajstić information content (AvgIpc) is 3.19. The first-order valence-electron chi connectivity index (χ1n) is 10.7. The van der Waals surface area contributed by atoms with Crippen LogP contribution in [0.1, 0.15) is 35.8 Å². The van der Waals surface area contributed by atoms with E-state index in [9.17, 15) is 18.4 Å². The smallest absolute Gasteiger partial charge is 0.315 e. The maximum Gasteiger partial charge on any atom is 0.315 e. The number of carbonyl (C=O) groups excluding carboxylic acids is 2. The van der Waals surface area contributed by atoms with Gasteiger partial charge < -0.3 is 14.6 Å². The molecule has 3 aromatic rings. The van der Waals surface area contributed by atoms with Gasteiger partial charge in [0.1, 0.15) is 11.6 Å². The summed E-state index contributed by atoms with van der Waals surface area (Å²) in [6.07, 6.45) is 0.674. The Balaban J connectivity index is 1.19. The monoisotopic (exact) mass is 453 g/mol. The number of amides is 2. The van der Waals surface area contributed by atoms with Crippen LogP contribution < -0.4 is 15.5 Å². The highest BCUT2D eigenvalue weighted by Gasteiger charge is 2.34. The van der Waals surface area contributed by atoms with E-state index in [2.05, 4.69) is 20.8 Å². The lowest BCUT2D eigenvalue weighted by atomic mass is 9.89. The normalized spacial score (nSPS) is 18.7. The lowest BCUT2D eigenvalue weighted by Crippen LogP contribution is -2.55. The zero-order valence-corrected chi connectivity index (χ0v) is 17.6. The van der Waals surface area contributed by atoms with Gasteiger partial charge in [0.05, 0.1) is 18.4 Å². The molecule has 0 spiro atoms. The van der Waals surface area contributed by atoms with E-state index < -0.39 is 29.4 Å². The zero-order valence-electron chi connectivity index (χ0n) is 17.6. The van der Waals surface area contributed by atoms with Crippen LogP contribution in [0.2, 0.25) is 0 Å². The molecule has 2 amide bonds. The molecule has 2 fully saturated rings. The Morgan fingerprint density at radius 1 is 1.09 bits per heavy atom. The van der Waals surface area contributed by atoms with Gasteiger partial charge in [0.15, 0.2) is 0 Å². The Hall–Kier alpha value is -3.82. The fourth-order valence-electron chi connectivity index (χ4n) is 4.16. The summed E-state index contributed by atoms with van der Waals surface area (Å²) in [5.74, 6) is -3.20. The molecule has 2 aliphatic heterocycles. The standard InChI is InChI=1S/C23H21F2N5O3/c24-17-9-15(10-18(25)21(17)16-6-7-19(31)27-22(16)32)30-11-14(12-30)26-23-29-28-20(33-23)8-13-4-2-1-3-5-13/h1-5,9-10,14,16H,6-8,11-12H2,(H,26,29)(H,27,31,32). The number of rotatable bonds is 6. The van der Waals surface area contributed by atoms with E-state index in [1.165, 1.54) is 12.1 Å². The van der Waals surface area contributed by atoms with E-state index in [0.29, 0.717) is 37.1 Å². The number of nitrogens with one attached hydrogen (secondary N) is 2. The van der Waals surface area contributed by atoms with Gasteiger partial charge >= 0.3 is 6.01 Å². The van der Waals surface area contributed by atoms with E-state index in [-0.39, 0.29) is 24.4 Å². The number of anilines is 2. The minimum absolute atomic E-state index is 0.0176. The number of piperidine rings is 1. The molecule has 3 heterocycles. The number of carbonyl (C=O) groups is 2. The molecule has 2 N–H and O–H groups in total. The second-order valence-electron chi connectivity index (χ2n) is 8.24. The van der Waals surface area contributed by atoms with E-state index in [1.807, 2.05) is 30.3 Å². The fraction of sp³-hybridized carbons (Fsp3) is 0.304. The van der Waals surface area contributed by atoms with Crippen LogP contribution in [0.25, 0.3) is 0 Å². The molecule has 1 aromatic heterocycles. The van der Waals surface area contributed by atoms with Gasteiger partial charge in [-0.05, 0) is 24.1 Å². The first kappa shape index (κ1) is 21.0. The molecule has 0 bridgehead atoms. The quantitative estimate of drug-likeness (QED) is 0.554. The van der Waals surface area contributed by atoms with Crippen molar-refractivity contribution in [1.29, 1.82) is 0 Å². The van der Waals surface area contributed by atoms with Crippen LogP contribution in [0.3, 0.4) is 0 Å². The van der Waals surface area contributed by atoms with Crippen LogP contribution in [-0.2, 0) is 16.0 Å². The molecule has 33 heavy (non-hydrogen) atoms. The Kier molecular flexibility index (Phi) is 5.49. The topological polar surface area (TPSA) is 100 Å². The second-order valence-corrected chi connectivity index (χ2v) is 8.24. The van der Waals surface area contributed by atoms with Gasteiger partial charge in [-0.25, -0.2) is 8.78 Å². The van der Waals surface area contributed by atoms with Crippen molar-refractivity contribution in [2.75, 3.05) is 23.3 Å². The van der Waals surface area contributed by atoms with Crippen molar-refractivity contribution in [3.63, 3.8) is 0 Å². The van der Waals surface area contributed by atoms with E-state index in [1.54, 1.807) is 4.90 Å². The van der Waals surface area contributed by atoms with Gasteiger partial charge in [0, 0.05) is 30.8 Å². The second kappa shape index (κ2) is 8.61. The molecule has 8 nitrogen and oxygen atoms in total. The van der Waals surface area contributed by atoms with Gasteiger partial charge in [0.25, 0.3) is 0 Å². The highest BCUT2D eigenvalue weighted by atomic mass is 19.1. The number of imide groups is 1. The zero-order chi connectivity index (χ0) is 22.9. The van der Waals surface area contributed by atoms with Gasteiger partial charge in [-0.3, -0.25) is 14.9 Å². The third kappa shape index (κ3) is 4.41. The van der Waals surface area contributed by atoms with Crippen molar-refractivity contribution in [1.82, 2.24) is 15.5 Å². The minimum Gasteiger partial charge on any atom is -0.408 e. The molecular formula is C23H21F2N5O3. The van der Waals surface area contributed by atoms with Crippen molar-refractivity contribution in [3.8, 4) is 0 Å². The van der Waals surface area contributed by atoms with Crippen LogP contribution in [0, 0.1) is 11.6 Å². The number of benzene rings is 2. The lowest BCUT2D eigenvalue weighted by Gasteiger charge is -2.41. The predicted molar refractivity (Wildman–Crippen MR) is 115 cm³/mol. The highest BCUT2D eigenvalue weighted by Crippen LogP contribution is 2.33. The third-order valence-electron chi connectivity index (χ3n) is 5.89. The largest absolute Gasteiger partial charge is 0.408 e. The Morgan fingerprint density at radius 3 is 2.52 bits per heavy atom. The van der Waals surface area contributed by atoms with Crippen molar-refractivity contribution in [2.24, 2.45) is 0 Å². The van der Waals surface area contributed by atoms with Crippen LogP contribution in [0.15, 0.2) is 46.9 Å². The highest BCUT2D eigenvalue weighted by molar-refractivity contribution is 6.01. The summed E-state index contributed by atoms with van der Waals surface area (Å²) in [5, 5.41) is 13.3. The van der Waals surface area contributed by atoms with Gasteiger partial charge in [-0.15, -0.1) is 5.10 Å². The summed E-state index contributed by atoms with van der Waals surface area (Å²) in [7, 11) is 0. The fourth-order valence-corrected chi connectivity index (χ4v) is 4.16. The Bertz CT molecular complexity index is 1170. The van der Waals surface area contributed by atoms with E-state index >= 15 is 0 Å². The number of hydrogen-bond donors (Lipinski definition) is 2. The first-order chi connectivity index (χ1) is 16.0. The average molecular weight is 453 g/mol. The summed E-state index contributed by atoms with van der Waals surface area (Å²) in [6, 6.07) is 12.5. The summed E-state index contributed by atoms with van der Waals surface area (Å²) in [4.78, 5) is 25.1. The molecule has 0 radical (unpaired) electrons. The molecule has 1 unspecified atom stereocenters. The first-order valence-corrected chi connectivity index (χ1v) is 10.7. The Labute approximate surface area is 188 Å². The number of hydrogen-bond acceptors (Lipinski definition) is 7. The summed E-state index contributed by atoms with van der Waals surface area (Å²) < 4.78 is 35.1. The van der Waals surface area contributed by atoms with Crippen LogP contribution >= 0.6 is 0 Å². The maximum atomic E-state index is 14.7. The molecule has 1 atom stereocenters.